The molecule has 134 valence electrons. The van der Waals surface area contributed by atoms with Crippen molar-refractivity contribution in [1.82, 2.24) is 0 Å². The Balaban J connectivity index is 0. The van der Waals surface area contributed by atoms with Gasteiger partial charge in [-0.1, -0.05) is 51.9 Å². The first kappa shape index (κ1) is 23.4. The number of hydrogen-bond acceptors (Lipinski definition) is 5. The Morgan fingerprint density at radius 1 is 0.909 bits per heavy atom. The molecule has 0 aliphatic carbocycles. The molecule has 0 aromatic carbocycles. The van der Waals surface area contributed by atoms with Crippen LogP contribution in [0.25, 0.3) is 0 Å². The summed E-state index contributed by atoms with van der Waals surface area (Å²) in [7, 11) is 1.46. The molecule has 0 unspecified atom stereocenters. The molecular weight excluding hydrogens is 286 g/mol. The molecule has 0 spiro atoms. The molecular formula is C16H35NO5. The van der Waals surface area contributed by atoms with Crippen molar-refractivity contribution in [2.24, 2.45) is 0 Å². The van der Waals surface area contributed by atoms with E-state index in [0.717, 1.165) is 19.8 Å². The second kappa shape index (κ2) is 22.4. The van der Waals surface area contributed by atoms with E-state index in [-0.39, 0.29) is 13.2 Å². The lowest BCUT2D eigenvalue weighted by Gasteiger charge is -2.04. The van der Waals surface area contributed by atoms with Gasteiger partial charge < -0.3 is 29.8 Å². The van der Waals surface area contributed by atoms with E-state index in [9.17, 15) is 9.90 Å². The highest BCUT2D eigenvalue weighted by Gasteiger charge is 1.91. The van der Waals surface area contributed by atoms with Crippen LogP contribution < -0.4 is 10.8 Å². The minimum atomic E-state index is -1.51. The van der Waals surface area contributed by atoms with E-state index < -0.39 is 6.16 Å². The van der Waals surface area contributed by atoms with Crippen molar-refractivity contribution in [1.29, 1.82) is 0 Å². The Bertz CT molecular complexity index is 203. The van der Waals surface area contributed by atoms with Crippen molar-refractivity contribution < 1.29 is 29.8 Å². The molecule has 0 heterocycles. The quantitative estimate of drug-likeness (QED) is 0.385. The maximum absolute atomic E-state index is 9.49. The van der Waals surface area contributed by atoms with Gasteiger partial charge >= 0.3 is 0 Å². The normalized spacial score (nSPS) is 9.95. The molecule has 0 aromatic rings. The average Bonchev–Trinajstić information content (AvgIpc) is 2.50. The van der Waals surface area contributed by atoms with E-state index in [4.69, 9.17) is 4.74 Å². The molecule has 22 heavy (non-hydrogen) atoms. The van der Waals surface area contributed by atoms with E-state index in [0.29, 0.717) is 0 Å². The van der Waals surface area contributed by atoms with Crippen LogP contribution in [0.4, 0.5) is 4.79 Å². The fourth-order valence-corrected chi connectivity index (χ4v) is 1.75. The summed E-state index contributed by atoms with van der Waals surface area (Å²) >= 11 is 0. The fourth-order valence-electron chi connectivity index (χ4n) is 1.75. The Labute approximate surface area is 135 Å². The molecule has 0 amide bonds. The average molecular weight is 321 g/mol. The molecule has 0 radical (unpaired) electrons. The molecule has 0 fully saturated rings. The largest absolute Gasteiger partial charge is 0.547 e. The SMILES string of the molecule is CCCCCCCCCCOCC[NH3+].COCCOC(=O)[O-]. The van der Waals surface area contributed by atoms with Gasteiger partial charge in [-0.25, -0.2) is 0 Å². The Hall–Kier alpha value is -0.850. The number of unbranched alkanes of at least 4 members (excludes halogenated alkanes) is 7. The van der Waals surface area contributed by atoms with Gasteiger partial charge in [0.25, 0.3) is 6.16 Å². The first-order valence-corrected chi connectivity index (χ1v) is 8.38. The third-order valence-electron chi connectivity index (χ3n) is 2.94. The number of hydrogen-bond donors (Lipinski definition) is 1. The van der Waals surface area contributed by atoms with Crippen molar-refractivity contribution in [3.8, 4) is 0 Å². The summed E-state index contributed by atoms with van der Waals surface area (Å²) in [6, 6.07) is 0. The number of quaternary nitrogens is 1. The summed E-state index contributed by atoms with van der Waals surface area (Å²) < 4.78 is 13.8. The Morgan fingerprint density at radius 3 is 2.00 bits per heavy atom. The zero-order chi connectivity index (χ0) is 16.9. The van der Waals surface area contributed by atoms with Gasteiger partial charge in [-0.05, 0) is 6.42 Å². The van der Waals surface area contributed by atoms with E-state index in [2.05, 4.69) is 22.1 Å². The zero-order valence-corrected chi connectivity index (χ0v) is 14.4. The van der Waals surface area contributed by atoms with Crippen molar-refractivity contribution in [3.05, 3.63) is 0 Å². The lowest BCUT2D eigenvalue weighted by Crippen LogP contribution is -2.52. The standard InChI is InChI=1S/C12H27NO.C4H8O4/c1-2-3-4-5-6-7-8-9-11-14-12-10-13;1-7-2-3-8-4(5)6/h2-13H2,1H3;2-3H2,1H3,(H,5,6). The van der Waals surface area contributed by atoms with Crippen LogP contribution in [0.3, 0.4) is 0 Å². The highest BCUT2D eigenvalue weighted by Crippen LogP contribution is 2.08. The summed E-state index contributed by atoms with van der Waals surface area (Å²) in [6.07, 6.45) is 9.46. The summed E-state index contributed by atoms with van der Waals surface area (Å²) in [5, 5.41) is 9.49. The van der Waals surface area contributed by atoms with Gasteiger partial charge in [0.1, 0.15) is 0 Å². The summed E-state index contributed by atoms with van der Waals surface area (Å²) in [5.41, 5.74) is 3.74. The predicted molar refractivity (Wildman–Crippen MR) is 84.4 cm³/mol. The molecule has 0 saturated heterocycles. The molecule has 0 rings (SSSR count). The minimum absolute atomic E-state index is 0.0405. The van der Waals surface area contributed by atoms with Crippen LogP contribution in [-0.4, -0.2) is 46.2 Å². The maximum Gasteiger partial charge on any atom is 0.252 e. The first-order valence-electron chi connectivity index (χ1n) is 8.38. The minimum Gasteiger partial charge on any atom is -0.547 e. The van der Waals surface area contributed by atoms with Crippen LogP contribution in [-0.2, 0) is 14.2 Å². The van der Waals surface area contributed by atoms with Crippen LogP contribution in [0, 0.1) is 0 Å². The second-order valence-corrected chi connectivity index (χ2v) is 5.03. The number of methoxy groups -OCH3 is 1. The first-order chi connectivity index (χ1) is 10.7. The van der Waals surface area contributed by atoms with Crippen molar-refractivity contribution in [2.75, 3.05) is 40.1 Å². The molecule has 0 aromatic heterocycles. The second-order valence-electron chi connectivity index (χ2n) is 5.03. The number of carbonyl (C=O) groups excluding carboxylic acids is 1. The molecule has 0 aliphatic rings. The van der Waals surface area contributed by atoms with Crippen LogP contribution in [0.15, 0.2) is 0 Å². The van der Waals surface area contributed by atoms with Crippen LogP contribution >= 0.6 is 0 Å². The Kier molecular flexibility index (Phi) is 23.9. The fraction of sp³-hybridized carbons (Fsp3) is 0.938. The summed E-state index contributed by atoms with van der Waals surface area (Å²) in [4.78, 5) is 9.49. The zero-order valence-electron chi connectivity index (χ0n) is 14.4. The summed E-state index contributed by atoms with van der Waals surface area (Å²) in [6.45, 7) is 5.24. The topological polar surface area (TPSA) is 95.5 Å². The van der Waals surface area contributed by atoms with Gasteiger partial charge in [-0.15, -0.1) is 0 Å². The van der Waals surface area contributed by atoms with Crippen LogP contribution in [0.5, 0.6) is 0 Å². The van der Waals surface area contributed by atoms with Crippen molar-refractivity contribution in [3.63, 3.8) is 0 Å². The molecule has 0 aliphatic heterocycles. The van der Waals surface area contributed by atoms with Gasteiger partial charge in [-0.3, -0.25) is 0 Å². The van der Waals surface area contributed by atoms with Gasteiger partial charge in [0.05, 0.1) is 26.4 Å². The van der Waals surface area contributed by atoms with Crippen molar-refractivity contribution in [2.45, 2.75) is 58.3 Å². The van der Waals surface area contributed by atoms with Gasteiger partial charge in [-0.2, -0.15) is 0 Å². The van der Waals surface area contributed by atoms with E-state index >= 15 is 0 Å². The molecule has 0 bridgehead atoms. The van der Waals surface area contributed by atoms with E-state index in [1.807, 2.05) is 0 Å². The monoisotopic (exact) mass is 321 g/mol. The maximum atomic E-state index is 9.49. The van der Waals surface area contributed by atoms with Gasteiger partial charge in [0.15, 0.2) is 0 Å². The van der Waals surface area contributed by atoms with Gasteiger partial charge in [0, 0.05) is 13.7 Å². The predicted octanol–water partition coefficient (Wildman–Crippen LogP) is 1.38. The highest BCUT2D eigenvalue weighted by molar-refractivity contribution is 5.53. The lowest BCUT2D eigenvalue weighted by atomic mass is 10.1. The Morgan fingerprint density at radius 2 is 1.50 bits per heavy atom. The highest BCUT2D eigenvalue weighted by atomic mass is 16.7. The van der Waals surface area contributed by atoms with Crippen LogP contribution in [0.1, 0.15) is 58.3 Å². The smallest absolute Gasteiger partial charge is 0.252 e. The van der Waals surface area contributed by atoms with Crippen molar-refractivity contribution >= 4 is 6.16 Å². The molecule has 3 N–H and O–H groups in total. The third-order valence-corrected chi connectivity index (χ3v) is 2.94. The summed E-state index contributed by atoms with van der Waals surface area (Å²) in [5.74, 6) is 0. The van der Waals surface area contributed by atoms with Crippen LogP contribution in [0.2, 0.25) is 0 Å². The molecule has 0 saturated carbocycles. The van der Waals surface area contributed by atoms with Gasteiger partial charge in [0.2, 0.25) is 0 Å². The third kappa shape index (κ3) is 27.5. The molecule has 6 nitrogen and oxygen atoms in total. The number of ether oxygens (including phenoxy) is 3. The lowest BCUT2D eigenvalue weighted by molar-refractivity contribution is -0.374. The van der Waals surface area contributed by atoms with E-state index in [1.54, 1.807) is 0 Å². The van der Waals surface area contributed by atoms with E-state index in [1.165, 1.54) is 58.5 Å². The number of rotatable bonds is 14. The number of carbonyl (C=O) groups is 1. The number of carboxylic acid groups (broad SMARTS) is 1. The molecule has 6 heteroatoms. The molecule has 0 atom stereocenters.